The van der Waals surface area contributed by atoms with Crippen LogP contribution in [-0.2, 0) is 9.59 Å². The Kier molecular flexibility index (Phi) is 2.96. The molecule has 0 fully saturated rings. The van der Waals surface area contributed by atoms with Crippen LogP contribution in [0.5, 0.6) is 0 Å². The van der Waals surface area contributed by atoms with Gasteiger partial charge in [0, 0.05) is 17.6 Å². The normalized spacial score (nSPS) is 28.5. The minimum absolute atomic E-state index is 0.139. The lowest BCUT2D eigenvalue weighted by atomic mass is 9.97. The van der Waals surface area contributed by atoms with Crippen LogP contribution in [0.4, 0.5) is 0 Å². The van der Waals surface area contributed by atoms with E-state index in [0.29, 0.717) is 12.8 Å². The molecule has 0 radical (unpaired) electrons. The SMILES string of the molecule is CC(=O)C[C@@]1(C)CC(=O)C=C(C)S1. The Hall–Kier alpha value is -0.570. The number of rotatable bonds is 2. The molecule has 2 nitrogen and oxygen atoms in total. The topological polar surface area (TPSA) is 34.1 Å². The van der Waals surface area contributed by atoms with Crippen molar-refractivity contribution in [2.24, 2.45) is 0 Å². The minimum atomic E-state index is -0.207. The van der Waals surface area contributed by atoms with Gasteiger partial charge in [0.25, 0.3) is 0 Å². The van der Waals surface area contributed by atoms with Gasteiger partial charge in [-0.3, -0.25) is 9.59 Å². The summed E-state index contributed by atoms with van der Waals surface area (Å²) in [6.07, 6.45) is 2.62. The Labute approximate surface area is 82.8 Å². The first-order chi connectivity index (χ1) is 5.91. The fourth-order valence-corrected chi connectivity index (χ4v) is 3.18. The molecule has 0 aromatic carbocycles. The number of Topliss-reactive ketones (excluding diaryl/α,β-unsaturated/α-hetero) is 1. The summed E-state index contributed by atoms with van der Waals surface area (Å²) in [5.74, 6) is 0.289. The van der Waals surface area contributed by atoms with Gasteiger partial charge < -0.3 is 0 Å². The van der Waals surface area contributed by atoms with Gasteiger partial charge in [0.1, 0.15) is 5.78 Å². The highest BCUT2D eigenvalue weighted by Gasteiger charge is 2.32. The number of thioether (sulfide) groups is 1. The third-order valence-electron chi connectivity index (χ3n) is 1.94. The number of hydrogen-bond donors (Lipinski definition) is 0. The zero-order valence-electron chi connectivity index (χ0n) is 8.22. The number of ketones is 2. The van der Waals surface area contributed by atoms with Crippen molar-refractivity contribution in [1.29, 1.82) is 0 Å². The molecule has 1 rings (SSSR count). The molecule has 0 spiro atoms. The molecule has 0 aromatic heterocycles. The van der Waals surface area contributed by atoms with E-state index in [-0.39, 0.29) is 16.3 Å². The zero-order chi connectivity index (χ0) is 10.1. The number of carbonyl (C=O) groups is 2. The van der Waals surface area contributed by atoms with Crippen molar-refractivity contribution in [3.05, 3.63) is 11.0 Å². The largest absolute Gasteiger partial charge is 0.300 e. The van der Waals surface area contributed by atoms with E-state index in [0.717, 1.165) is 4.91 Å². The maximum Gasteiger partial charge on any atom is 0.157 e. The van der Waals surface area contributed by atoms with E-state index >= 15 is 0 Å². The second-order valence-electron chi connectivity index (χ2n) is 3.83. The smallest absolute Gasteiger partial charge is 0.157 e. The molecule has 0 N–H and O–H groups in total. The van der Waals surface area contributed by atoms with E-state index in [1.165, 1.54) is 0 Å². The van der Waals surface area contributed by atoms with Crippen LogP contribution in [0.3, 0.4) is 0 Å². The van der Waals surface area contributed by atoms with Crippen LogP contribution in [0.1, 0.15) is 33.6 Å². The van der Waals surface area contributed by atoms with Gasteiger partial charge >= 0.3 is 0 Å². The van der Waals surface area contributed by atoms with Crippen molar-refractivity contribution >= 4 is 23.3 Å². The standard InChI is InChI=1S/C10H14O2S/c1-7(11)5-10(3)6-9(12)4-8(2)13-10/h4H,5-6H2,1-3H3/t10-/m0/s1. The van der Waals surface area contributed by atoms with Gasteiger partial charge in [0.2, 0.25) is 0 Å². The van der Waals surface area contributed by atoms with Crippen LogP contribution in [-0.4, -0.2) is 16.3 Å². The highest BCUT2D eigenvalue weighted by atomic mass is 32.2. The molecule has 1 aliphatic rings. The fraction of sp³-hybridized carbons (Fsp3) is 0.600. The van der Waals surface area contributed by atoms with Crippen molar-refractivity contribution in [2.75, 3.05) is 0 Å². The Balaban J connectivity index is 2.77. The molecule has 0 aromatic rings. The molecule has 0 saturated carbocycles. The van der Waals surface area contributed by atoms with Gasteiger partial charge in [0.05, 0.1) is 0 Å². The van der Waals surface area contributed by atoms with Gasteiger partial charge in [-0.25, -0.2) is 0 Å². The second kappa shape index (κ2) is 3.66. The summed E-state index contributed by atoms with van der Waals surface area (Å²) >= 11 is 1.64. The molecule has 1 atom stereocenters. The van der Waals surface area contributed by atoms with Crippen molar-refractivity contribution in [3.8, 4) is 0 Å². The summed E-state index contributed by atoms with van der Waals surface area (Å²) in [5, 5.41) is 0. The molecular formula is C10H14O2S. The van der Waals surface area contributed by atoms with E-state index in [2.05, 4.69) is 0 Å². The molecular weight excluding hydrogens is 184 g/mol. The van der Waals surface area contributed by atoms with Gasteiger partial charge in [-0.15, -0.1) is 11.8 Å². The molecule has 0 aliphatic carbocycles. The minimum Gasteiger partial charge on any atom is -0.300 e. The van der Waals surface area contributed by atoms with Crippen LogP contribution in [0.15, 0.2) is 11.0 Å². The maximum absolute atomic E-state index is 11.3. The van der Waals surface area contributed by atoms with Crippen molar-refractivity contribution in [2.45, 2.75) is 38.4 Å². The lowest BCUT2D eigenvalue weighted by Crippen LogP contribution is -2.29. The van der Waals surface area contributed by atoms with E-state index in [9.17, 15) is 9.59 Å². The Morgan fingerprint density at radius 3 is 2.77 bits per heavy atom. The third kappa shape index (κ3) is 2.99. The Morgan fingerprint density at radius 1 is 1.69 bits per heavy atom. The molecule has 72 valence electrons. The molecule has 0 amide bonds. The van der Waals surface area contributed by atoms with E-state index in [1.54, 1.807) is 24.8 Å². The maximum atomic E-state index is 11.3. The highest BCUT2D eigenvalue weighted by Crippen LogP contribution is 2.41. The summed E-state index contributed by atoms with van der Waals surface area (Å²) in [6, 6.07) is 0. The predicted molar refractivity (Wildman–Crippen MR) is 54.7 cm³/mol. The zero-order valence-corrected chi connectivity index (χ0v) is 9.03. The first kappa shape index (κ1) is 10.5. The first-order valence-electron chi connectivity index (χ1n) is 4.31. The lowest BCUT2D eigenvalue weighted by molar-refractivity contribution is -0.118. The summed E-state index contributed by atoms with van der Waals surface area (Å²) in [5.41, 5.74) is 0. The quantitative estimate of drug-likeness (QED) is 0.683. The Morgan fingerprint density at radius 2 is 2.31 bits per heavy atom. The van der Waals surface area contributed by atoms with Gasteiger partial charge in [-0.05, 0) is 31.8 Å². The molecule has 0 saturated heterocycles. The third-order valence-corrected chi connectivity index (χ3v) is 3.16. The number of hydrogen-bond acceptors (Lipinski definition) is 3. The number of allylic oxidation sites excluding steroid dienone is 2. The molecule has 0 bridgehead atoms. The average Bonchev–Trinajstić information content (AvgIpc) is 1.77. The van der Waals surface area contributed by atoms with Gasteiger partial charge in [-0.1, -0.05) is 0 Å². The molecule has 13 heavy (non-hydrogen) atoms. The molecule has 1 aliphatic heterocycles. The monoisotopic (exact) mass is 198 g/mol. The summed E-state index contributed by atoms with van der Waals surface area (Å²) in [6.45, 7) is 5.47. The predicted octanol–water partition coefficient (Wildman–Crippen LogP) is 2.33. The average molecular weight is 198 g/mol. The van der Waals surface area contributed by atoms with E-state index in [4.69, 9.17) is 0 Å². The Bertz CT molecular complexity index is 281. The van der Waals surface area contributed by atoms with E-state index in [1.807, 2.05) is 13.8 Å². The van der Waals surface area contributed by atoms with Crippen LogP contribution in [0.25, 0.3) is 0 Å². The van der Waals surface area contributed by atoms with Crippen LogP contribution < -0.4 is 0 Å². The summed E-state index contributed by atoms with van der Waals surface area (Å²) in [4.78, 5) is 23.3. The molecule has 3 heteroatoms. The number of carbonyl (C=O) groups excluding carboxylic acids is 2. The summed E-state index contributed by atoms with van der Waals surface area (Å²) < 4.78 is -0.207. The molecule has 1 heterocycles. The molecule has 0 unspecified atom stereocenters. The van der Waals surface area contributed by atoms with Crippen LogP contribution >= 0.6 is 11.8 Å². The van der Waals surface area contributed by atoms with E-state index < -0.39 is 0 Å². The van der Waals surface area contributed by atoms with Crippen LogP contribution in [0.2, 0.25) is 0 Å². The summed E-state index contributed by atoms with van der Waals surface area (Å²) in [7, 11) is 0. The fourth-order valence-electron chi connectivity index (χ4n) is 1.73. The highest BCUT2D eigenvalue weighted by molar-refractivity contribution is 8.04. The van der Waals surface area contributed by atoms with Gasteiger partial charge in [-0.2, -0.15) is 0 Å². The lowest BCUT2D eigenvalue weighted by Gasteiger charge is -2.30. The van der Waals surface area contributed by atoms with Crippen LogP contribution in [0, 0.1) is 0 Å². The van der Waals surface area contributed by atoms with Crippen molar-refractivity contribution < 1.29 is 9.59 Å². The first-order valence-corrected chi connectivity index (χ1v) is 5.12. The second-order valence-corrected chi connectivity index (χ2v) is 5.66. The van der Waals surface area contributed by atoms with Gasteiger partial charge in [0.15, 0.2) is 5.78 Å². The van der Waals surface area contributed by atoms with Crippen molar-refractivity contribution in [3.63, 3.8) is 0 Å². The van der Waals surface area contributed by atoms with Crippen molar-refractivity contribution in [1.82, 2.24) is 0 Å².